The number of aromatic nitrogens is 2. The average molecular weight is 393 g/mol. The molecular formula is C22H21ClN4O. The summed E-state index contributed by atoms with van der Waals surface area (Å²) in [4.78, 5) is 23.7. The number of benzene rings is 2. The first-order valence-electron chi connectivity index (χ1n) is 9.24. The number of aryl methyl sites for hydroxylation is 1. The Hall–Kier alpha value is -2.92. The van der Waals surface area contributed by atoms with Crippen LogP contribution < -0.4 is 5.32 Å². The summed E-state index contributed by atoms with van der Waals surface area (Å²) in [6.07, 6.45) is 2.53. The molecule has 2 heterocycles. The highest BCUT2D eigenvalue weighted by Crippen LogP contribution is 2.24. The van der Waals surface area contributed by atoms with Crippen molar-refractivity contribution in [2.24, 2.45) is 0 Å². The van der Waals surface area contributed by atoms with Gasteiger partial charge in [0.25, 0.3) is 0 Å². The van der Waals surface area contributed by atoms with Gasteiger partial charge in [0, 0.05) is 41.0 Å². The van der Waals surface area contributed by atoms with Crippen molar-refractivity contribution >= 4 is 23.3 Å². The number of carbonyl (C=O) groups is 1. The van der Waals surface area contributed by atoms with Gasteiger partial charge in [-0.1, -0.05) is 23.7 Å². The quantitative estimate of drug-likeness (QED) is 0.667. The topological polar surface area (TPSA) is 58.1 Å². The van der Waals surface area contributed by atoms with Crippen LogP contribution >= 0.6 is 11.6 Å². The first kappa shape index (κ1) is 18.4. The number of nitrogens with one attached hydrogen (secondary N) is 1. The van der Waals surface area contributed by atoms with E-state index in [-0.39, 0.29) is 6.03 Å². The van der Waals surface area contributed by atoms with Crippen molar-refractivity contribution in [3.63, 3.8) is 0 Å². The van der Waals surface area contributed by atoms with Crippen molar-refractivity contribution in [1.29, 1.82) is 0 Å². The van der Waals surface area contributed by atoms with Crippen LogP contribution in [0.2, 0.25) is 5.02 Å². The zero-order valence-corrected chi connectivity index (χ0v) is 16.6. The van der Waals surface area contributed by atoms with Gasteiger partial charge in [-0.15, -0.1) is 0 Å². The first-order chi connectivity index (χ1) is 13.5. The van der Waals surface area contributed by atoms with Crippen LogP contribution in [0.15, 0.2) is 48.7 Å². The number of anilines is 1. The van der Waals surface area contributed by atoms with Gasteiger partial charge in [-0.2, -0.15) is 0 Å². The molecule has 6 heteroatoms. The molecule has 3 aromatic rings. The molecule has 0 aliphatic carbocycles. The third-order valence-electron chi connectivity index (χ3n) is 5.17. The smallest absolute Gasteiger partial charge is 0.320 e. The number of rotatable bonds is 2. The van der Waals surface area contributed by atoms with Gasteiger partial charge in [-0.3, -0.25) is 0 Å². The number of carbonyl (C=O) groups excluding carboxylic acids is 1. The minimum Gasteiger partial charge on any atom is -0.320 e. The zero-order valence-electron chi connectivity index (χ0n) is 15.9. The molecule has 2 aromatic carbocycles. The molecule has 1 aliphatic rings. The van der Waals surface area contributed by atoms with Crippen LogP contribution in [0.3, 0.4) is 0 Å². The van der Waals surface area contributed by atoms with Gasteiger partial charge in [-0.25, -0.2) is 14.8 Å². The number of fused-ring (bicyclic) bond motifs is 1. The van der Waals surface area contributed by atoms with E-state index in [0.717, 1.165) is 33.6 Å². The number of amides is 2. The van der Waals surface area contributed by atoms with Gasteiger partial charge in [-0.05, 0) is 55.3 Å². The van der Waals surface area contributed by atoms with Gasteiger partial charge in [0.15, 0.2) is 5.82 Å². The van der Waals surface area contributed by atoms with E-state index in [9.17, 15) is 4.79 Å². The Morgan fingerprint density at radius 1 is 1.14 bits per heavy atom. The van der Waals surface area contributed by atoms with E-state index in [0.29, 0.717) is 30.4 Å². The molecule has 1 N–H and O–H groups in total. The summed E-state index contributed by atoms with van der Waals surface area (Å²) in [6.45, 7) is 5.19. The molecule has 0 atom stereocenters. The third kappa shape index (κ3) is 3.71. The van der Waals surface area contributed by atoms with E-state index in [1.54, 1.807) is 4.90 Å². The Balaban J connectivity index is 1.49. The fraction of sp³-hybridized carbons (Fsp3) is 0.227. The molecule has 142 valence electrons. The van der Waals surface area contributed by atoms with Crippen LogP contribution in [0.1, 0.15) is 22.4 Å². The second-order valence-corrected chi connectivity index (χ2v) is 7.46. The van der Waals surface area contributed by atoms with Crippen LogP contribution in [0.4, 0.5) is 10.5 Å². The predicted molar refractivity (Wildman–Crippen MR) is 112 cm³/mol. The lowest BCUT2D eigenvalue weighted by atomic mass is 10.1. The molecule has 0 saturated carbocycles. The molecule has 0 saturated heterocycles. The number of urea groups is 1. The van der Waals surface area contributed by atoms with E-state index in [4.69, 9.17) is 16.6 Å². The Labute approximate surface area is 169 Å². The predicted octanol–water partition coefficient (Wildman–Crippen LogP) is 5.00. The van der Waals surface area contributed by atoms with Gasteiger partial charge in [0.2, 0.25) is 0 Å². The summed E-state index contributed by atoms with van der Waals surface area (Å²) in [5, 5.41) is 3.71. The lowest BCUT2D eigenvalue weighted by Gasteiger charge is -2.28. The van der Waals surface area contributed by atoms with Crippen molar-refractivity contribution < 1.29 is 4.79 Å². The molecule has 0 unspecified atom stereocenters. The minimum atomic E-state index is -0.0962. The van der Waals surface area contributed by atoms with E-state index in [1.807, 2.05) is 62.5 Å². The Bertz CT molecular complexity index is 1030. The van der Waals surface area contributed by atoms with Crippen molar-refractivity contribution in [2.75, 3.05) is 11.9 Å². The zero-order chi connectivity index (χ0) is 19.7. The van der Waals surface area contributed by atoms with Gasteiger partial charge >= 0.3 is 6.03 Å². The third-order valence-corrected chi connectivity index (χ3v) is 5.42. The maximum Gasteiger partial charge on any atom is 0.322 e. The fourth-order valence-electron chi connectivity index (χ4n) is 3.31. The summed E-state index contributed by atoms with van der Waals surface area (Å²) < 4.78 is 0. The highest BCUT2D eigenvalue weighted by Gasteiger charge is 2.23. The highest BCUT2D eigenvalue weighted by atomic mass is 35.5. The van der Waals surface area contributed by atoms with E-state index in [1.165, 1.54) is 0 Å². The number of hydrogen-bond acceptors (Lipinski definition) is 3. The van der Waals surface area contributed by atoms with Crippen molar-refractivity contribution in [3.8, 4) is 11.4 Å². The fourth-order valence-corrected chi connectivity index (χ4v) is 3.43. The molecule has 1 aliphatic heterocycles. The summed E-state index contributed by atoms with van der Waals surface area (Å²) in [5.74, 6) is 0.684. The van der Waals surface area contributed by atoms with Gasteiger partial charge in [0.05, 0.1) is 12.2 Å². The Morgan fingerprint density at radius 2 is 1.93 bits per heavy atom. The number of hydrogen-bond donors (Lipinski definition) is 1. The highest BCUT2D eigenvalue weighted by molar-refractivity contribution is 6.30. The van der Waals surface area contributed by atoms with Crippen molar-refractivity contribution in [1.82, 2.24) is 14.9 Å². The normalized spacial score (nSPS) is 13.2. The summed E-state index contributed by atoms with van der Waals surface area (Å²) >= 11 is 5.95. The van der Waals surface area contributed by atoms with E-state index >= 15 is 0 Å². The molecular weight excluding hydrogens is 372 g/mol. The van der Waals surface area contributed by atoms with Crippen LogP contribution in [-0.4, -0.2) is 27.4 Å². The maximum atomic E-state index is 12.7. The number of halogens is 1. The number of nitrogens with zero attached hydrogens (tertiary/aromatic N) is 3. The van der Waals surface area contributed by atoms with Crippen LogP contribution in [0, 0.1) is 13.8 Å². The van der Waals surface area contributed by atoms with Gasteiger partial charge < -0.3 is 10.2 Å². The molecule has 0 fully saturated rings. The van der Waals surface area contributed by atoms with Crippen LogP contribution in [0.25, 0.3) is 11.4 Å². The summed E-state index contributed by atoms with van der Waals surface area (Å²) in [5.41, 5.74) is 6.01. The molecule has 28 heavy (non-hydrogen) atoms. The standard InChI is InChI=1S/C22H21ClN4O/c1-14-4-3-5-19(15(14)2)26-22(28)27-11-10-20-17(13-27)12-24-21(25-20)16-6-8-18(23)9-7-16/h3-9,12H,10-11,13H2,1-2H3,(H,26,28). The molecule has 2 amide bonds. The largest absolute Gasteiger partial charge is 0.322 e. The minimum absolute atomic E-state index is 0.0962. The molecule has 4 rings (SSSR count). The molecule has 1 aromatic heterocycles. The summed E-state index contributed by atoms with van der Waals surface area (Å²) in [6, 6.07) is 13.3. The first-order valence-corrected chi connectivity index (χ1v) is 9.62. The summed E-state index contributed by atoms with van der Waals surface area (Å²) in [7, 11) is 0. The Morgan fingerprint density at radius 3 is 2.71 bits per heavy atom. The lowest BCUT2D eigenvalue weighted by Crippen LogP contribution is -2.39. The van der Waals surface area contributed by atoms with E-state index in [2.05, 4.69) is 10.3 Å². The second-order valence-electron chi connectivity index (χ2n) is 7.02. The van der Waals surface area contributed by atoms with Crippen molar-refractivity contribution in [2.45, 2.75) is 26.8 Å². The monoisotopic (exact) mass is 392 g/mol. The Kier molecular flexibility index (Phi) is 5.01. The van der Waals surface area contributed by atoms with Crippen LogP contribution in [-0.2, 0) is 13.0 Å². The van der Waals surface area contributed by atoms with E-state index < -0.39 is 0 Å². The van der Waals surface area contributed by atoms with Crippen molar-refractivity contribution in [3.05, 3.63) is 76.1 Å². The average Bonchev–Trinajstić information content (AvgIpc) is 2.71. The lowest BCUT2D eigenvalue weighted by molar-refractivity contribution is 0.206. The maximum absolute atomic E-state index is 12.7. The second kappa shape index (κ2) is 7.60. The molecule has 5 nitrogen and oxygen atoms in total. The van der Waals surface area contributed by atoms with Gasteiger partial charge in [0.1, 0.15) is 0 Å². The molecule has 0 bridgehead atoms. The molecule has 0 spiro atoms. The van der Waals surface area contributed by atoms with Crippen LogP contribution in [0.5, 0.6) is 0 Å². The molecule has 0 radical (unpaired) electrons. The SMILES string of the molecule is Cc1cccc(NC(=O)N2CCc3nc(-c4ccc(Cl)cc4)ncc3C2)c1C.